The first-order valence-electron chi connectivity index (χ1n) is 9.86. The molecular weight excluding hydrogens is 374 g/mol. The second-order valence-electron chi connectivity index (χ2n) is 8.65. The highest BCUT2D eigenvalue weighted by Gasteiger charge is 2.32. The van der Waals surface area contributed by atoms with Crippen molar-refractivity contribution in [3.05, 3.63) is 22.1 Å². The molecule has 0 radical (unpaired) electrons. The average Bonchev–Trinajstić information content (AvgIpc) is 3.21. The van der Waals surface area contributed by atoms with E-state index in [0.717, 1.165) is 41.0 Å². The number of aryl methyl sites for hydroxylation is 2. The molecule has 7 nitrogen and oxygen atoms in total. The molecule has 0 fully saturated rings. The number of carbonyl (C=O) groups is 1. The Morgan fingerprint density at radius 3 is 2.86 bits per heavy atom. The highest BCUT2D eigenvalue weighted by atomic mass is 32.1. The summed E-state index contributed by atoms with van der Waals surface area (Å²) in [5.41, 5.74) is 2.35. The maximum Gasteiger partial charge on any atom is 0.290 e. The molecule has 8 heteroatoms. The first-order chi connectivity index (χ1) is 13.3. The second kappa shape index (κ2) is 7.08. The lowest BCUT2D eigenvalue weighted by atomic mass is 9.72. The molecule has 1 aliphatic rings. The molecule has 1 aliphatic carbocycles. The van der Waals surface area contributed by atoms with Gasteiger partial charge in [-0.25, -0.2) is 9.97 Å². The van der Waals surface area contributed by atoms with Crippen molar-refractivity contribution < 1.29 is 9.90 Å². The number of aliphatic hydroxyl groups is 1. The number of nitrogens with one attached hydrogen (secondary N) is 1. The van der Waals surface area contributed by atoms with Crippen molar-refractivity contribution in [3.63, 3.8) is 0 Å². The van der Waals surface area contributed by atoms with Crippen LogP contribution in [0.2, 0.25) is 0 Å². The van der Waals surface area contributed by atoms with E-state index in [1.54, 1.807) is 15.9 Å². The smallest absolute Gasteiger partial charge is 0.290 e. The number of nitrogens with zero attached hydrogens (tertiary/aromatic N) is 4. The van der Waals surface area contributed by atoms with Gasteiger partial charge in [-0.2, -0.15) is 4.52 Å². The Labute approximate surface area is 168 Å². The Kier molecular flexibility index (Phi) is 4.87. The largest absolute Gasteiger partial charge is 0.396 e. The molecule has 0 unspecified atom stereocenters. The van der Waals surface area contributed by atoms with Gasteiger partial charge >= 0.3 is 0 Å². The van der Waals surface area contributed by atoms with Crippen LogP contribution in [0.5, 0.6) is 0 Å². The molecule has 0 aliphatic heterocycles. The summed E-state index contributed by atoms with van der Waals surface area (Å²) in [4.78, 5) is 24.1. The topological polar surface area (TPSA) is 92.4 Å². The van der Waals surface area contributed by atoms with E-state index < -0.39 is 0 Å². The maximum atomic E-state index is 12.4. The van der Waals surface area contributed by atoms with Gasteiger partial charge < -0.3 is 10.4 Å². The van der Waals surface area contributed by atoms with Crippen LogP contribution >= 0.6 is 11.3 Å². The Balaban J connectivity index is 1.77. The molecule has 2 N–H and O–H groups in total. The fourth-order valence-corrected chi connectivity index (χ4v) is 5.31. The lowest BCUT2D eigenvalue weighted by Crippen LogP contribution is -2.26. The number of aliphatic hydroxyl groups excluding tert-OH is 1. The summed E-state index contributed by atoms with van der Waals surface area (Å²) in [6.45, 7) is 9.29. The van der Waals surface area contributed by atoms with Crippen molar-refractivity contribution in [3.8, 4) is 0 Å². The van der Waals surface area contributed by atoms with Gasteiger partial charge in [-0.3, -0.25) is 4.79 Å². The van der Waals surface area contributed by atoms with Gasteiger partial charge in [0.2, 0.25) is 5.82 Å². The predicted molar refractivity (Wildman–Crippen MR) is 110 cm³/mol. The van der Waals surface area contributed by atoms with Crippen molar-refractivity contribution >= 4 is 33.1 Å². The zero-order chi connectivity index (χ0) is 20.1. The predicted octanol–water partition coefficient (Wildman–Crippen LogP) is 2.91. The van der Waals surface area contributed by atoms with E-state index in [1.807, 2.05) is 6.92 Å². The molecule has 0 saturated heterocycles. The Hall–Kier alpha value is -2.06. The summed E-state index contributed by atoms with van der Waals surface area (Å²) in [6.07, 6.45) is 3.76. The molecule has 0 bridgehead atoms. The van der Waals surface area contributed by atoms with Gasteiger partial charge in [0.05, 0.1) is 5.39 Å². The van der Waals surface area contributed by atoms with Crippen LogP contribution in [-0.2, 0) is 12.8 Å². The minimum atomic E-state index is -0.318. The molecule has 0 saturated carbocycles. The van der Waals surface area contributed by atoms with Crippen LogP contribution < -0.4 is 5.32 Å². The number of amides is 1. The monoisotopic (exact) mass is 401 g/mol. The molecule has 1 amide bonds. The summed E-state index contributed by atoms with van der Waals surface area (Å²) in [5.74, 6) is 1.23. The average molecular weight is 402 g/mol. The first kappa shape index (κ1) is 19.3. The summed E-state index contributed by atoms with van der Waals surface area (Å²) >= 11 is 1.76. The number of carbonyl (C=O) groups excluding carboxylic acids is 1. The van der Waals surface area contributed by atoms with Crippen molar-refractivity contribution in [2.45, 2.75) is 53.4 Å². The highest BCUT2D eigenvalue weighted by Crippen LogP contribution is 2.43. The van der Waals surface area contributed by atoms with E-state index >= 15 is 0 Å². The standard InChI is InChI=1S/C20H27N5O2S/c1-11-22-19-15(13-7-6-12(20(2,3)4)10-14(13)28-19)17-23-16(24-25(11)17)18(27)21-8-5-9-26/h12,26H,5-10H2,1-4H3,(H,21,27)/t12-/m1/s1. The Morgan fingerprint density at radius 1 is 1.36 bits per heavy atom. The van der Waals surface area contributed by atoms with Gasteiger partial charge in [0.25, 0.3) is 5.91 Å². The van der Waals surface area contributed by atoms with E-state index in [4.69, 9.17) is 10.1 Å². The van der Waals surface area contributed by atoms with Crippen LogP contribution in [0.3, 0.4) is 0 Å². The fraction of sp³-hybridized carbons (Fsp3) is 0.600. The molecule has 1 atom stereocenters. The van der Waals surface area contributed by atoms with Gasteiger partial charge in [-0.15, -0.1) is 16.4 Å². The molecular formula is C20H27N5O2S. The molecule has 3 aromatic heterocycles. The van der Waals surface area contributed by atoms with E-state index in [-0.39, 0.29) is 18.3 Å². The van der Waals surface area contributed by atoms with Crippen molar-refractivity contribution in [2.24, 2.45) is 11.3 Å². The van der Waals surface area contributed by atoms with Crippen molar-refractivity contribution in [1.29, 1.82) is 0 Å². The number of thiophene rings is 1. The van der Waals surface area contributed by atoms with E-state index in [0.29, 0.717) is 24.3 Å². The van der Waals surface area contributed by atoms with Crippen LogP contribution in [0.15, 0.2) is 0 Å². The van der Waals surface area contributed by atoms with Crippen molar-refractivity contribution in [2.75, 3.05) is 13.2 Å². The summed E-state index contributed by atoms with van der Waals surface area (Å²) in [5, 5.41) is 17.1. The molecule has 0 spiro atoms. The zero-order valence-electron chi connectivity index (χ0n) is 16.9. The molecule has 150 valence electrons. The number of rotatable bonds is 4. The number of aromatic nitrogens is 4. The molecule has 3 aromatic rings. The molecule has 0 aromatic carbocycles. The quantitative estimate of drug-likeness (QED) is 0.656. The minimum absolute atomic E-state index is 0.0408. The van der Waals surface area contributed by atoms with Gasteiger partial charge in [-0.05, 0) is 49.5 Å². The van der Waals surface area contributed by atoms with Crippen LogP contribution in [0.4, 0.5) is 0 Å². The third kappa shape index (κ3) is 3.28. The number of hydrogen-bond donors (Lipinski definition) is 2. The minimum Gasteiger partial charge on any atom is -0.396 e. The number of hydrogen-bond acceptors (Lipinski definition) is 6. The summed E-state index contributed by atoms with van der Waals surface area (Å²) < 4.78 is 1.69. The molecule has 4 rings (SSSR count). The lowest BCUT2D eigenvalue weighted by molar-refractivity contribution is 0.0941. The molecule has 3 heterocycles. The van der Waals surface area contributed by atoms with Crippen LogP contribution in [-0.4, -0.2) is 43.7 Å². The SMILES string of the molecule is Cc1nc2sc3c(c2c2nc(C(=O)NCCCO)nn12)CC[C@@H](C(C)(C)C)C3. The summed E-state index contributed by atoms with van der Waals surface area (Å²) in [7, 11) is 0. The number of fused-ring (bicyclic) bond motifs is 5. The second-order valence-corrected chi connectivity index (χ2v) is 9.74. The van der Waals surface area contributed by atoms with Crippen LogP contribution in [0, 0.1) is 18.3 Å². The van der Waals surface area contributed by atoms with E-state index in [2.05, 4.69) is 36.2 Å². The van der Waals surface area contributed by atoms with Crippen LogP contribution in [0.1, 0.15) is 60.5 Å². The normalized spacial score (nSPS) is 17.2. The Bertz CT molecular complexity index is 1050. The van der Waals surface area contributed by atoms with Gasteiger partial charge in [0, 0.05) is 18.0 Å². The van der Waals surface area contributed by atoms with Crippen LogP contribution in [0.25, 0.3) is 15.9 Å². The summed E-state index contributed by atoms with van der Waals surface area (Å²) in [6, 6.07) is 0. The van der Waals surface area contributed by atoms with Crippen molar-refractivity contribution in [1.82, 2.24) is 24.9 Å². The van der Waals surface area contributed by atoms with Gasteiger partial charge in [0.1, 0.15) is 10.7 Å². The maximum absolute atomic E-state index is 12.4. The highest BCUT2D eigenvalue weighted by molar-refractivity contribution is 7.19. The van der Waals surface area contributed by atoms with Gasteiger partial charge in [-0.1, -0.05) is 20.8 Å². The van der Waals surface area contributed by atoms with Gasteiger partial charge in [0.15, 0.2) is 5.65 Å². The Morgan fingerprint density at radius 2 is 2.14 bits per heavy atom. The fourth-order valence-electron chi connectivity index (χ4n) is 3.97. The third-order valence-electron chi connectivity index (χ3n) is 5.70. The zero-order valence-corrected chi connectivity index (χ0v) is 17.7. The third-order valence-corrected chi connectivity index (χ3v) is 6.84. The lowest BCUT2D eigenvalue weighted by Gasteiger charge is -2.33. The van der Waals surface area contributed by atoms with E-state index in [1.165, 1.54) is 10.4 Å². The first-order valence-corrected chi connectivity index (χ1v) is 10.7. The van der Waals surface area contributed by atoms with E-state index in [9.17, 15) is 4.79 Å². The molecule has 28 heavy (non-hydrogen) atoms.